The Balaban J connectivity index is 2.56. The predicted octanol–water partition coefficient (Wildman–Crippen LogP) is 1.80. The molecule has 0 saturated heterocycles. The third kappa shape index (κ3) is 5.68. The van der Waals surface area contributed by atoms with Gasteiger partial charge in [-0.05, 0) is 45.2 Å². The molecule has 0 spiro atoms. The van der Waals surface area contributed by atoms with Crippen molar-refractivity contribution in [2.45, 2.75) is 47.1 Å². The summed E-state index contributed by atoms with van der Waals surface area (Å²) in [6, 6.07) is 3.11. The van der Waals surface area contributed by atoms with E-state index in [1.54, 1.807) is 6.92 Å². The Kier molecular flexibility index (Phi) is 7.42. The van der Waals surface area contributed by atoms with Crippen LogP contribution in [-0.4, -0.2) is 37.0 Å². The molecule has 0 aliphatic heterocycles. The average Bonchev–Trinajstić information content (AvgIpc) is 2.49. The van der Waals surface area contributed by atoms with Crippen LogP contribution in [-0.2, 0) is 14.3 Å². The van der Waals surface area contributed by atoms with E-state index < -0.39 is 24.5 Å². The molecule has 132 valence electrons. The van der Waals surface area contributed by atoms with Crippen LogP contribution >= 0.6 is 0 Å². The fourth-order valence-electron chi connectivity index (χ4n) is 2.46. The lowest BCUT2D eigenvalue weighted by molar-refractivity contribution is -0.130. The van der Waals surface area contributed by atoms with Crippen molar-refractivity contribution in [3.63, 3.8) is 0 Å². The zero-order valence-electron chi connectivity index (χ0n) is 15.0. The fraction of sp³-hybridized carbons (Fsp3) is 0.500. The van der Waals surface area contributed by atoms with Crippen LogP contribution in [0.3, 0.4) is 0 Å². The van der Waals surface area contributed by atoms with Crippen molar-refractivity contribution in [3.05, 3.63) is 34.4 Å². The van der Waals surface area contributed by atoms with Crippen molar-refractivity contribution >= 4 is 17.8 Å². The van der Waals surface area contributed by atoms with Crippen molar-refractivity contribution < 1.29 is 19.1 Å². The molecule has 0 fully saturated rings. The number of rotatable bonds is 7. The maximum absolute atomic E-state index is 12.2. The maximum atomic E-state index is 12.2. The normalized spacial score (nSPS) is 11.5. The molecule has 0 bridgehead atoms. The number of nitrogens with one attached hydrogen (secondary N) is 2. The van der Waals surface area contributed by atoms with Gasteiger partial charge in [0.15, 0.2) is 6.61 Å². The van der Waals surface area contributed by atoms with E-state index in [1.165, 1.54) is 0 Å². The Bertz CT molecular complexity index is 602. The van der Waals surface area contributed by atoms with Gasteiger partial charge in [0.25, 0.3) is 5.91 Å². The molecule has 6 nitrogen and oxygen atoms in total. The van der Waals surface area contributed by atoms with Gasteiger partial charge in [0.2, 0.25) is 5.91 Å². The first kappa shape index (κ1) is 19.7. The van der Waals surface area contributed by atoms with E-state index in [9.17, 15) is 14.4 Å². The number of carbonyl (C=O) groups is 3. The molecule has 0 saturated carbocycles. The summed E-state index contributed by atoms with van der Waals surface area (Å²) in [6.45, 7) is 9.27. The Morgan fingerprint density at radius 1 is 1.12 bits per heavy atom. The summed E-state index contributed by atoms with van der Waals surface area (Å²) in [7, 11) is 0. The zero-order chi connectivity index (χ0) is 18.3. The van der Waals surface area contributed by atoms with Gasteiger partial charge in [0.05, 0.1) is 5.56 Å². The van der Waals surface area contributed by atoms with E-state index in [-0.39, 0.29) is 5.91 Å². The Morgan fingerprint density at radius 3 is 2.25 bits per heavy atom. The molecule has 0 aliphatic carbocycles. The van der Waals surface area contributed by atoms with Crippen LogP contribution in [0.2, 0.25) is 0 Å². The van der Waals surface area contributed by atoms with E-state index in [0.717, 1.165) is 23.1 Å². The smallest absolute Gasteiger partial charge is 0.339 e. The third-order valence-electron chi connectivity index (χ3n) is 3.54. The number of hydrogen-bond acceptors (Lipinski definition) is 4. The second kappa shape index (κ2) is 9.05. The van der Waals surface area contributed by atoms with Gasteiger partial charge < -0.3 is 15.4 Å². The number of aryl methyl sites for hydroxylation is 3. The van der Waals surface area contributed by atoms with Gasteiger partial charge in [-0.15, -0.1) is 0 Å². The molecular formula is C18H26N2O4. The van der Waals surface area contributed by atoms with Crippen LogP contribution < -0.4 is 10.6 Å². The van der Waals surface area contributed by atoms with E-state index in [1.807, 2.05) is 39.8 Å². The van der Waals surface area contributed by atoms with Crippen LogP contribution in [0.5, 0.6) is 0 Å². The number of amides is 2. The topological polar surface area (TPSA) is 84.5 Å². The summed E-state index contributed by atoms with van der Waals surface area (Å²) < 4.78 is 5.07. The standard InChI is InChI=1S/C18H26N2O4/c1-6-7-19-17(22)14(5)20-15(21)10-24-18(23)16-12(3)8-11(2)9-13(16)4/h8-9,14H,6-7,10H2,1-5H3,(H,19,22)(H,20,21)/t14-/m1/s1. The Hall–Kier alpha value is -2.37. The van der Waals surface area contributed by atoms with Crippen molar-refractivity contribution in [1.29, 1.82) is 0 Å². The van der Waals surface area contributed by atoms with Crippen LogP contribution in [0.1, 0.15) is 47.3 Å². The van der Waals surface area contributed by atoms with Crippen molar-refractivity contribution in [2.24, 2.45) is 0 Å². The fourth-order valence-corrected chi connectivity index (χ4v) is 2.46. The van der Waals surface area contributed by atoms with Crippen molar-refractivity contribution in [3.8, 4) is 0 Å². The van der Waals surface area contributed by atoms with Crippen LogP contribution in [0.15, 0.2) is 12.1 Å². The third-order valence-corrected chi connectivity index (χ3v) is 3.54. The van der Waals surface area contributed by atoms with Crippen LogP contribution in [0.25, 0.3) is 0 Å². The predicted molar refractivity (Wildman–Crippen MR) is 91.8 cm³/mol. The molecule has 0 aliphatic rings. The molecular weight excluding hydrogens is 308 g/mol. The molecule has 2 amide bonds. The minimum atomic E-state index is -0.675. The molecule has 0 heterocycles. The highest BCUT2D eigenvalue weighted by Gasteiger charge is 2.18. The quantitative estimate of drug-likeness (QED) is 0.745. The summed E-state index contributed by atoms with van der Waals surface area (Å²) in [4.78, 5) is 35.7. The van der Waals surface area contributed by atoms with Gasteiger partial charge in [0.1, 0.15) is 6.04 Å². The van der Waals surface area contributed by atoms with Gasteiger partial charge in [-0.1, -0.05) is 24.6 Å². The van der Waals surface area contributed by atoms with Crippen molar-refractivity contribution in [1.82, 2.24) is 10.6 Å². The number of hydrogen-bond donors (Lipinski definition) is 2. The molecule has 6 heteroatoms. The number of carbonyl (C=O) groups excluding carboxylic acids is 3. The summed E-state index contributed by atoms with van der Waals surface area (Å²) >= 11 is 0. The highest BCUT2D eigenvalue weighted by molar-refractivity contribution is 5.94. The molecule has 0 unspecified atom stereocenters. The molecule has 2 N–H and O–H groups in total. The molecule has 24 heavy (non-hydrogen) atoms. The molecule has 1 atom stereocenters. The number of benzene rings is 1. The maximum Gasteiger partial charge on any atom is 0.339 e. The minimum Gasteiger partial charge on any atom is -0.452 e. The highest BCUT2D eigenvalue weighted by atomic mass is 16.5. The van der Waals surface area contributed by atoms with Crippen LogP contribution in [0, 0.1) is 20.8 Å². The van der Waals surface area contributed by atoms with E-state index >= 15 is 0 Å². The molecule has 0 aromatic heterocycles. The second-order valence-electron chi connectivity index (χ2n) is 5.93. The molecule has 1 rings (SSSR count). The van der Waals surface area contributed by atoms with Gasteiger partial charge >= 0.3 is 5.97 Å². The lowest BCUT2D eigenvalue weighted by atomic mass is 10.00. The lowest BCUT2D eigenvalue weighted by Gasteiger charge is -2.14. The molecule has 1 aromatic carbocycles. The Morgan fingerprint density at radius 2 is 1.71 bits per heavy atom. The monoisotopic (exact) mass is 334 g/mol. The van der Waals surface area contributed by atoms with Gasteiger partial charge in [-0.25, -0.2) is 4.79 Å². The van der Waals surface area contributed by atoms with Gasteiger partial charge in [-0.3, -0.25) is 9.59 Å². The first-order chi connectivity index (χ1) is 11.3. The van der Waals surface area contributed by atoms with E-state index in [4.69, 9.17) is 4.74 Å². The largest absolute Gasteiger partial charge is 0.452 e. The summed E-state index contributed by atoms with van der Waals surface area (Å²) in [5.41, 5.74) is 3.16. The summed E-state index contributed by atoms with van der Waals surface area (Å²) in [5, 5.41) is 5.19. The molecule has 0 radical (unpaired) electrons. The number of esters is 1. The van der Waals surface area contributed by atoms with Gasteiger partial charge in [0, 0.05) is 6.54 Å². The summed E-state index contributed by atoms with van der Waals surface area (Å²) in [5.74, 6) is -1.31. The second-order valence-corrected chi connectivity index (χ2v) is 5.93. The minimum absolute atomic E-state index is 0.262. The van der Waals surface area contributed by atoms with Gasteiger partial charge in [-0.2, -0.15) is 0 Å². The Labute approximate surface area is 143 Å². The average molecular weight is 334 g/mol. The lowest BCUT2D eigenvalue weighted by Crippen LogP contribution is -2.46. The first-order valence-corrected chi connectivity index (χ1v) is 8.08. The van der Waals surface area contributed by atoms with Crippen molar-refractivity contribution in [2.75, 3.05) is 13.2 Å². The van der Waals surface area contributed by atoms with Crippen LogP contribution in [0.4, 0.5) is 0 Å². The van der Waals surface area contributed by atoms with E-state index in [2.05, 4.69) is 10.6 Å². The SMILES string of the molecule is CCCNC(=O)[C@@H](C)NC(=O)COC(=O)c1c(C)cc(C)cc1C. The van der Waals surface area contributed by atoms with E-state index in [0.29, 0.717) is 12.1 Å². The summed E-state index contributed by atoms with van der Waals surface area (Å²) in [6.07, 6.45) is 0.819. The zero-order valence-corrected chi connectivity index (χ0v) is 15.0. The highest BCUT2D eigenvalue weighted by Crippen LogP contribution is 2.17. The first-order valence-electron chi connectivity index (χ1n) is 8.08. The molecule has 1 aromatic rings. The number of ether oxygens (including phenoxy) is 1.